The van der Waals surface area contributed by atoms with E-state index in [1.54, 1.807) is 0 Å². The molecule has 1 heterocycles. The van der Waals surface area contributed by atoms with Gasteiger partial charge in [-0.15, -0.1) is 0 Å². The zero-order valence-corrected chi connectivity index (χ0v) is 20.7. The van der Waals surface area contributed by atoms with Crippen LogP contribution in [0.15, 0.2) is 60.7 Å². The van der Waals surface area contributed by atoms with Gasteiger partial charge >= 0.3 is 6.09 Å². The topological polar surface area (TPSA) is 111 Å². The molecular formula is C27H37N3O5. The van der Waals surface area contributed by atoms with Gasteiger partial charge in [0.1, 0.15) is 6.61 Å². The highest BCUT2D eigenvalue weighted by atomic mass is 16.5. The first-order chi connectivity index (χ1) is 16.6. The van der Waals surface area contributed by atoms with Gasteiger partial charge in [-0.1, -0.05) is 60.7 Å². The van der Waals surface area contributed by atoms with Crippen molar-refractivity contribution in [2.75, 3.05) is 13.1 Å². The first-order valence-electron chi connectivity index (χ1n) is 12.0. The number of likely N-dealkylation sites (tertiary alicyclic amines) is 1. The number of β-amino-alcohol motifs (C(OH)–C–C–N with tert-alkyl or cyclic N) is 1. The van der Waals surface area contributed by atoms with E-state index in [2.05, 4.69) is 10.6 Å². The van der Waals surface area contributed by atoms with Crippen LogP contribution in [0.2, 0.25) is 0 Å². The standard InChI is InChI=1S/C27H37N3O5/c1-27(2,3)30-17-21(31)15-23(30)25(33)28-16-24(32)22(14-19-10-6-4-7-11-19)29-26(34)35-18-20-12-8-5-9-13-20/h4-13,21-24,31-32H,14-18H2,1-3H3,(H,28,33)(H,29,34)/t21-,22+,23+,24-/m1/s1. The molecule has 8 heteroatoms. The predicted molar refractivity (Wildman–Crippen MR) is 134 cm³/mol. The molecule has 35 heavy (non-hydrogen) atoms. The lowest BCUT2D eigenvalue weighted by Crippen LogP contribution is -2.54. The Morgan fingerprint density at radius 1 is 1.06 bits per heavy atom. The highest BCUT2D eigenvalue weighted by molar-refractivity contribution is 5.82. The molecule has 1 aliphatic rings. The fourth-order valence-corrected chi connectivity index (χ4v) is 4.34. The van der Waals surface area contributed by atoms with Crippen LogP contribution in [0.4, 0.5) is 4.79 Å². The Kier molecular flexibility index (Phi) is 9.26. The van der Waals surface area contributed by atoms with Crippen LogP contribution in [0.25, 0.3) is 0 Å². The van der Waals surface area contributed by atoms with Crippen molar-refractivity contribution in [2.45, 2.75) is 70.1 Å². The van der Waals surface area contributed by atoms with Crippen LogP contribution in [-0.4, -0.2) is 70.0 Å². The summed E-state index contributed by atoms with van der Waals surface area (Å²) in [5, 5.41) is 26.6. The van der Waals surface area contributed by atoms with E-state index in [0.717, 1.165) is 11.1 Å². The first kappa shape index (κ1) is 26.7. The largest absolute Gasteiger partial charge is 0.445 e. The van der Waals surface area contributed by atoms with Crippen LogP contribution in [-0.2, 0) is 22.6 Å². The van der Waals surface area contributed by atoms with E-state index >= 15 is 0 Å². The molecule has 2 aromatic carbocycles. The van der Waals surface area contributed by atoms with Gasteiger partial charge in [0.25, 0.3) is 0 Å². The summed E-state index contributed by atoms with van der Waals surface area (Å²) in [6.45, 7) is 6.50. The van der Waals surface area contributed by atoms with E-state index < -0.39 is 30.4 Å². The SMILES string of the molecule is CC(C)(C)N1C[C@H](O)C[C@H]1C(=O)NC[C@@H](O)[C@H](Cc1ccccc1)NC(=O)OCc1ccccc1. The number of alkyl carbamates (subject to hydrolysis) is 1. The van der Waals surface area contributed by atoms with Crippen molar-refractivity contribution >= 4 is 12.0 Å². The van der Waals surface area contributed by atoms with Gasteiger partial charge in [0.2, 0.25) is 5.91 Å². The minimum atomic E-state index is -1.04. The van der Waals surface area contributed by atoms with Crippen molar-refractivity contribution in [1.29, 1.82) is 0 Å². The average molecular weight is 484 g/mol. The third kappa shape index (κ3) is 8.06. The molecule has 8 nitrogen and oxygen atoms in total. The third-order valence-electron chi connectivity index (χ3n) is 6.21. The second kappa shape index (κ2) is 12.2. The van der Waals surface area contributed by atoms with Crippen molar-refractivity contribution in [3.63, 3.8) is 0 Å². The number of aliphatic hydroxyl groups excluding tert-OH is 2. The summed E-state index contributed by atoms with van der Waals surface area (Å²) in [6.07, 6.45) is -1.54. The van der Waals surface area contributed by atoms with Crippen LogP contribution in [0.3, 0.4) is 0 Å². The molecule has 0 bridgehead atoms. The van der Waals surface area contributed by atoms with Crippen LogP contribution < -0.4 is 10.6 Å². The Labute approximate surface area is 207 Å². The Morgan fingerprint density at radius 2 is 1.66 bits per heavy atom. The highest BCUT2D eigenvalue weighted by Gasteiger charge is 2.41. The first-order valence-corrected chi connectivity index (χ1v) is 12.0. The van der Waals surface area contributed by atoms with E-state index in [1.807, 2.05) is 86.3 Å². The zero-order valence-electron chi connectivity index (χ0n) is 20.7. The number of nitrogens with zero attached hydrogens (tertiary/aromatic N) is 1. The quantitative estimate of drug-likeness (QED) is 0.435. The molecule has 2 amide bonds. The molecule has 3 rings (SSSR count). The van der Waals surface area contributed by atoms with E-state index in [9.17, 15) is 19.8 Å². The smallest absolute Gasteiger partial charge is 0.407 e. The predicted octanol–water partition coefficient (Wildman–Crippen LogP) is 2.23. The molecule has 0 aliphatic carbocycles. The number of amides is 2. The number of benzene rings is 2. The molecule has 4 atom stereocenters. The zero-order chi connectivity index (χ0) is 25.4. The van der Waals surface area contributed by atoms with E-state index in [0.29, 0.717) is 19.4 Å². The highest BCUT2D eigenvalue weighted by Crippen LogP contribution is 2.26. The summed E-state index contributed by atoms with van der Waals surface area (Å²) in [5.74, 6) is -0.249. The number of hydrogen-bond donors (Lipinski definition) is 4. The summed E-state index contributed by atoms with van der Waals surface area (Å²) >= 11 is 0. The minimum Gasteiger partial charge on any atom is -0.445 e. The Hall–Kier alpha value is -2.94. The van der Waals surface area contributed by atoms with Crippen molar-refractivity contribution in [2.24, 2.45) is 0 Å². The second-order valence-electron chi connectivity index (χ2n) is 10.0. The lowest BCUT2D eigenvalue weighted by Gasteiger charge is -2.36. The Bertz CT molecular complexity index is 948. The number of nitrogens with one attached hydrogen (secondary N) is 2. The lowest BCUT2D eigenvalue weighted by molar-refractivity contribution is -0.127. The van der Waals surface area contributed by atoms with Gasteiger partial charge in [0, 0.05) is 18.6 Å². The summed E-state index contributed by atoms with van der Waals surface area (Å²) < 4.78 is 5.33. The van der Waals surface area contributed by atoms with Gasteiger partial charge in [-0.25, -0.2) is 4.79 Å². The summed E-state index contributed by atoms with van der Waals surface area (Å²) in [6, 6.07) is 17.7. The van der Waals surface area contributed by atoms with Crippen molar-refractivity contribution in [3.8, 4) is 0 Å². The van der Waals surface area contributed by atoms with Crippen LogP contribution in [0.1, 0.15) is 38.3 Å². The molecule has 0 radical (unpaired) electrons. The van der Waals surface area contributed by atoms with Gasteiger partial charge < -0.3 is 25.6 Å². The molecule has 1 fully saturated rings. The normalized spacial score (nSPS) is 20.1. The van der Waals surface area contributed by atoms with E-state index in [1.165, 1.54) is 0 Å². The molecule has 190 valence electrons. The van der Waals surface area contributed by atoms with Gasteiger partial charge in [0.05, 0.1) is 24.3 Å². The van der Waals surface area contributed by atoms with Gasteiger partial charge in [-0.05, 0) is 44.7 Å². The molecule has 0 unspecified atom stereocenters. The fraction of sp³-hybridized carbons (Fsp3) is 0.481. The number of ether oxygens (including phenoxy) is 1. The maximum atomic E-state index is 12.9. The molecule has 2 aromatic rings. The Balaban J connectivity index is 1.60. The summed E-state index contributed by atoms with van der Waals surface area (Å²) in [5.41, 5.74) is 1.51. The summed E-state index contributed by atoms with van der Waals surface area (Å²) in [7, 11) is 0. The second-order valence-corrected chi connectivity index (χ2v) is 10.0. The molecule has 0 aromatic heterocycles. The van der Waals surface area contributed by atoms with Crippen LogP contribution in [0, 0.1) is 0 Å². The van der Waals surface area contributed by atoms with E-state index in [-0.39, 0.29) is 24.6 Å². The van der Waals surface area contributed by atoms with Gasteiger partial charge in [-0.3, -0.25) is 9.69 Å². The molecule has 0 saturated carbocycles. The number of aliphatic hydroxyl groups is 2. The number of carbonyl (C=O) groups is 2. The van der Waals surface area contributed by atoms with Crippen LogP contribution in [0.5, 0.6) is 0 Å². The summed E-state index contributed by atoms with van der Waals surface area (Å²) in [4.78, 5) is 27.4. The molecule has 4 N–H and O–H groups in total. The number of rotatable bonds is 9. The third-order valence-corrected chi connectivity index (χ3v) is 6.21. The van der Waals surface area contributed by atoms with Gasteiger partial charge in [0.15, 0.2) is 0 Å². The molecular weight excluding hydrogens is 446 g/mol. The van der Waals surface area contributed by atoms with Crippen molar-refractivity contribution in [1.82, 2.24) is 15.5 Å². The minimum absolute atomic E-state index is 0.0418. The number of hydrogen-bond acceptors (Lipinski definition) is 6. The lowest BCUT2D eigenvalue weighted by atomic mass is 10.0. The van der Waals surface area contributed by atoms with Gasteiger partial charge in [-0.2, -0.15) is 0 Å². The maximum Gasteiger partial charge on any atom is 0.407 e. The fourth-order valence-electron chi connectivity index (χ4n) is 4.34. The molecule has 0 spiro atoms. The monoisotopic (exact) mass is 483 g/mol. The van der Waals surface area contributed by atoms with Crippen molar-refractivity contribution < 1.29 is 24.5 Å². The maximum absolute atomic E-state index is 12.9. The number of carbonyl (C=O) groups excluding carboxylic acids is 2. The molecule has 1 saturated heterocycles. The van der Waals surface area contributed by atoms with Crippen LogP contribution >= 0.6 is 0 Å². The molecule has 1 aliphatic heterocycles. The van der Waals surface area contributed by atoms with Crippen molar-refractivity contribution in [3.05, 3.63) is 71.8 Å². The van der Waals surface area contributed by atoms with E-state index in [4.69, 9.17) is 4.74 Å². The average Bonchev–Trinajstić information content (AvgIpc) is 3.24. The Morgan fingerprint density at radius 3 is 2.26 bits per heavy atom.